The van der Waals surface area contributed by atoms with Crippen LogP contribution in [0.1, 0.15) is 25.3 Å². The van der Waals surface area contributed by atoms with Gasteiger partial charge in [-0.1, -0.05) is 30.1 Å². The van der Waals surface area contributed by atoms with Crippen molar-refractivity contribution in [3.63, 3.8) is 0 Å². The number of hydrogen-bond acceptors (Lipinski definition) is 0. The highest BCUT2D eigenvalue weighted by molar-refractivity contribution is 6.37. The van der Waals surface area contributed by atoms with Crippen LogP contribution in [0.15, 0.2) is 12.1 Å². The molecule has 1 aromatic carbocycles. The summed E-state index contributed by atoms with van der Waals surface area (Å²) >= 11 is 11.9. The molecule has 1 aliphatic carbocycles. The molecule has 1 aromatic rings. The van der Waals surface area contributed by atoms with Crippen molar-refractivity contribution in [2.24, 2.45) is 0 Å². The second kappa shape index (κ2) is 2.79. The molecule has 0 atom stereocenters. The monoisotopic (exact) mass is 215 g/mol. The van der Waals surface area contributed by atoms with Crippen LogP contribution >= 0.6 is 23.2 Å². The lowest BCUT2D eigenvalue weighted by Gasteiger charge is -2.13. The van der Waals surface area contributed by atoms with E-state index in [1.807, 2.05) is 0 Å². The van der Waals surface area contributed by atoms with E-state index < -0.39 is 0 Å². The Balaban J connectivity index is 2.61. The first-order valence-corrected chi connectivity index (χ1v) is 4.96. The summed E-state index contributed by atoms with van der Waals surface area (Å²) in [5.41, 5.74) is 0.887. The largest absolute Gasteiger partial charge is 0.288 e. The van der Waals surface area contributed by atoms with E-state index in [0.717, 1.165) is 18.4 Å². The molecule has 1 nitrogen and oxygen atoms in total. The van der Waals surface area contributed by atoms with Crippen molar-refractivity contribution < 1.29 is 5.11 Å². The van der Waals surface area contributed by atoms with Crippen molar-refractivity contribution in [2.45, 2.75) is 25.2 Å². The van der Waals surface area contributed by atoms with Gasteiger partial charge in [0.05, 0.1) is 5.02 Å². The molecule has 1 radical (unpaired) electrons. The average Bonchev–Trinajstić information content (AvgIpc) is 2.78. The minimum absolute atomic E-state index is 0.0502. The van der Waals surface area contributed by atoms with Crippen molar-refractivity contribution in [1.82, 2.24) is 0 Å². The Hall–Kier alpha value is -0.400. The van der Waals surface area contributed by atoms with Crippen LogP contribution in [-0.2, 0) is 10.5 Å². The Labute approximate surface area is 87.3 Å². The molecule has 0 amide bonds. The topological polar surface area (TPSA) is 19.9 Å². The number of hydrogen-bond donors (Lipinski definition) is 0. The Morgan fingerprint density at radius 1 is 1.31 bits per heavy atom. The van der Waals surface area contributed by atoms with Gasteiger partial charge in [-0.3, -0.25) is 5.11 Å². The van der Waals surface area contributed by atoms with Crippen LogP contribution in [0.25, 0.3) is 0 Å². The SMILES string of the molecule is CC1(c2c(Cl)ccc([O])c2Cl)CC1. The van der Waals surface area contributed by atoms with Gasteiger partial charge >= 0.3 is 0 Å². The Bertz CT molecular complexity index is 356. The normalized spacial score (nSPS) is 18.7. The van der Waals surface area contributed by atoms with Gasteiger partial charge in [0.1, 0.15) is 0 Å². The average molecular weight is 216 g/mol. The maximum absolute atomic E-state index is 11.3. The highest BCUT2D eigenvalue weighted by Gasteiger charge is 2.42. The van der Waals surface area contributed by atoms with Gasteiger partial charge in [-0.2, -0.15) is 0 Å². The summed E-state index contributed by atoms with van der Waals surface area (Å²) in [6.07, 6.45) is 2.13. The number of benzene rings is 1. The maximum Gasteiger partial charge on any atom is 0.197 e. The van der Waals surface area contributed by atoms with Crippen molar-refractivity contribution in [3.8, 4) is 5.75 Å². The Kier molecular flexibility index (Phi) is 1.97. The molecule has 0 aliphatic heterocycles. The second-order valence-corrected chi connectivity index (χ2v) is 4.58. The van der Waals surface area contributed by atoms with Gasteiger partial charge in [-0.05, 0) is 36.0 Å². The molecule has 0 N–H and O–H groups in total. The van der Waals surface area contributed by atoms with Crippen LogP contribution in [-0.4, -0.2) is 0 Å². The Morgan fingerprint density at radius 3 is 2.46 bits per heavy atom. The molecule has 0 saturated heterocycles. The molecule has 1 saturated carbocycles. The van der Waals surface area contributed by atoms with E-state index in [2.05, 4.69) is 6.92 Å². The molecule has 0 unspecified atom stereocenters. The predicted octanol–water partition coefficient (Wildman–Crippen LogP) is 4.19. The van der Waals surface area contributed by atoms with E-state index in [-0.39, 0.29) is 11.2 Å². The second-order valence-electron chi connectivity index (χ2n) is 3.80. The van der Waals surface area contributed by atoms with E-state index in [4.69, 9.17) is 23.2 Å². The van der Waals surface area contributed by atoms with Gasteiger partial charge in [-0.25, -0.2) is 0 Å². The molecule has 0 aromatic heterocycles. The summed E-state index contributed by atoms with van der Waals surface area (Å²) in [7, 11) is 0. The first-order chi connectivity index (χ1) is 6.04. The lowest BCUT2D eigenvalue weighted by Crippen LogP contribution is -2.01. The van der Waals surface area contributed by atoms with Crippen LogP contribution in [0.4, 0.5) is 0 Å². The van der Waals surface area contributed by atoms with Gasteiger partial charge < -0.3 is 0 Å². The van der Waals surface area contributed by atoms with Gasteiger partial charge in [0.15, 0.2) is 5.75 Å². The van der Waals surface area contributed by atoms with Gasteiger partial charge in [-0.15, -0.1) is 0 Å². The molecule has 69 valence electrons. The predicted molar refractivity (Wildman–Crippen MR) is 53.2 cm³/mol. The van der Waals surface area contributed by atoms with Crippen molar-refractivity contribution >= 4 is 23.2 Å². The standard InChI is InChI=1S/C10H9Cl2O/c1-10(4-5-10)8-6(11)2-3-7(13)9(8)12/h2-3H,4-5H2,1H3. The van der Waals surface area contributed by atoms with Gasteiger partial charge in [0, 0.05) is 5.02 Å². The zero-order valence-corrected chi connectivity index (χ0v) is 8.74. The van der Waals surface area contributed by atoms with E-state index in [1.165, 1.54) is 6.07 Å². The fourth-order valence-electron chi connectivity index (χ4n) is 1.52. The molecule has 2 rings (SSSR count). The molecule has 3 heteroatoms. The third-order valence-corrected chi connectivity index (χ3v) is 3.35. The quantitative estimate of drug-likeness (QED) is 0.670. The smallest absolute Gasteiger partial charge is 0.197 e. The van der Waals surface area contributed by atoms with Crippen LogP contribution in [0, 0.1) is 0 Å². The fraction of sp³-hybridized carbons (Fsp3) is 0.400. The minimum atomic E-state index is -0.130. The van der Waals surface area contributed by atoms with Gasteiger partial charge in [0.25, 0.3) is 0 Å². The lowest BCUT2D eigenvalue weighted by atomic mass is 9.98. The van der Waals surface area contributed by atoms with Crippen LogP contribution in [0.2, 0.25) is 10.0 Å². The van der Waals surface area contributed by atoms with E-state index in [9.17, 15) is 5.11 Å². The molecule has 0 bridgehead atoms. The zero-order chi connectivity index (χ0) is 9.64. The summed E-state index contributed by atoms with van der Waals surface area (Å²) in [5.74, 6) is -0.130. The van der Waals surface area contributed by atoms with Crippen molar-refractivity contribution in [3.05, 3.63) is 27.7 Å². The molecule has 0 spiro atoms. The van der Waals surface area contributed by atoms with Crippen LogP contribution in [0.3, 0.4) is 0 Å². The molecule has 1 fully saturated rings. The summed E-state index contributed by atoms with van der Waals surface area (Å²) in [6.45, 7) is 2.08. The fourth-order valence-corrected chi connectivity index (χ4v) is 2.35. The third kappa shape index (κ3) is 1.40. The van der Waals surface area contributed by atoms with E-state index in [0.29, 0.717) is 10.0 Å². The minimum Gasteiger partial charge on any atom is -0.288 e. The molecule has 1 aliphatic rings. The van der Waals surface area contributed by atoms with Crippen LogP contribution < -0.4 is 0 Å². The highest BCUT2D eigenvalue weighted by Crippen LogP contribution is 2.53. The summed E-state index contributed by atoms with van der Waals surface area (Å²) in [6, 6.07) is 3.05. The van der Waals surface area contributed by atoms with E-state index >= 15 is 0 Å². The molecular weight excluding hydrogens is 207 g/mol. The number of halogens is 2. The summed E-state index contributed by atoms with van der Waals surface area (Å²) in [5, 5.41) is 12.2. The molecule has 13 heavy (non-hydrogen) atoms. The van der Waals surface area contributed by atoms with E-state index in [1.54, 1.807) is 6.07 Å². The third-order valence-electron chi connectivity index (χ3n) is 2.66. The van der Waals surface area contributed by atoms with Crippen molar-refractivity contribution in [2.75, 3.05) is 0 Å². The number of rotatable bonds is 1. The first kappa shape index (κ1) is 9.17. The molecular formula is C10H9Cl2O. The van der Waals surface area contributed by atoms with Gasteiger partial charge in [0.2, 0.25) is 0 Å². The molecule has 0 heterocycles. The van der Waals surface area contributed by atoms with Crippen molar-refractivity contribution in [1.29, 1.82) is 0 Å². The Morgan fingerprint density at radius 2 is 1.92 bits per heavy atom. The van der Waals surface area contributed by atoms with Crippen LogP contribution in [0.5, 0.6) is 5.75 Å². The summed E-state index contributed by atoms with van der Waals surface area (Å²) < 4.78 is 0. The first-order valence-electron chi connectivity index (χ1n) is 4.20. The lowest BCUT2D eigenvalue weighted by molar-refractivity contribution is 0.354. The maximum atomic E-state index is 11.3. The highest BCUT2D eigenvalue weighted by atomic mass is 35.5. The zero-order valence-electron chi connectivity index (χ0n) is 7.23. The summed E-state index contributed by atoms with van der Waals surface area (Å²) in [4.78, 5) is 0.